The van der Waals surface area contributed by atoms with E-state index in [0.29, 0.717) is 17.2 Å². The number of piperidine rings is 1. The summed E-state index contributed by atoms with van der Waals surface area (Å²) in [7, 11) is 1.34. The summed E-state index contributed by atoms with van der Waals surface area (Å²) in [5.41, 5.74) is 1.15. The molecule has 108 valence electrons. The Labute approximate surface area is 118 Å². The van der Waals surface area contributed by atoms with Crippen LogP contribution in [-0.2, 0) is 9.53 Å². The van der Waals surface area contributed by atoms with Crippen molar-refractivity contribution >= 4 is 17.6 Å². The highest BCUT2D eigenvalue weighted by atomic mass is 16.5. The molecule has 0 saturated carbocycles. The summed E-state index contributed by atoms with van der Waals surface area (Å²) in [5, 5.41) is 6.11. The molecule has 1 heterocycles. The van der Waals surface area contributed by atoms with Crippen LogP contribution in [0.4, 0.5) is 5.69 Å². The Morgan fingerprint density at radius 2 is 2.00 bits per heavy atom. The van der Waals surface area contributed by atoms with Crippen molar-refractivity contribution < 1.29 is 14.3 Å². The second-order valence-electron chi connectivity index (χ2n) is 5.11. The number of esters is 1. The molecule has 2 N–H and O–H groups in total. The van der Waals surface area contributed by atoms with Crippen LogP contribution < -0.4 is 10.6 Å². The molecule has 2 unspecified atom stereocenters. The number of methoxy groups -OCH3 is 1. The Hall–Kier alpha value is -1.88. The highest BCUT2D eigenvalue weighted by Gasteiger charge is 2.27. The molecule has 0 spiro atoms. The van der Waals surface area contributed by atoms with Gasteiger partial charge in [-0.3, -0.25) is 4.79 Å². The molecular formula is C15H20N2O3. The summed E-state index contributed by atoms with van der Waals surface area (Å²) < 4.78 is 4.63. The van der Waals surface area contributed by atoms with Crippen LogP contribution in [0.25, 0.3) is 0 Å². The van der Waals surface area contributed by atoms with Gasteiger partial charge in [0.25, 0.3) is 0 Å². The minimum Gasteiger partial charge on any atom is -0.465 e. The first kappa shape index (κ1) is 14.5. The van der Waals surface area contributed by atoms with Crippen molar-refractivity contribution in [3.8, 4) is 0 Å². The minimum atomic E-state index is -0.384. The number of amides is 1. The van der Waals surface area contributed by atoms with E-state index in [4.69, 9.17) is 0 Å². The molecule has 5 heteroatoms. The largest absolute Gasteiger partial charge is 0.465 e. The molecule has 1 aliphatic heterocycles. The van der Waals surface area contributed by atoms with E-state index in [1.165, 1.54) is 7.11 Å². The molecule has 2 atom stereocenters. The van der Waals surface area contributed by atoms with Gasteiger partial charge in [-0.25, -0.2) is 4.79 Å². The summed E-state index contributed by atoms with van der Waals surface area (Å²) in [6.45, 7) is 2.96. The zero-order chi connectivity index (χ0) is 14.5. The zero-order valence-electron chi connectivity index (χ0n) is 11.8. The lowest BCUT2D eigenvalue weighted by Gasteiger charge is -2.28. The average Bonchev–Trinajstić information content (AvgIpc) is 2.47. The normalized spacial score (nSPS) is 22.1. The van der Waals surface area contributed by atoms with Gasteiger partial charge in [-0.05, 0) is 49.6 Å². The second-order valence-corrected chi connectivity index (χ2v) is 5.11. The van der Waals surface area contributed by atoms with Gasteiger partial charge in [-0.15, -0.1) is 0 Å². The zero-order valence-corrected chi connectivity index (χ0v) is 11.8. The fourth-order valence-corrected chi connectivity index (χ4v) is 2.43. The Morgan fingerprint density at radius 1 is 1.30 bits per heavy atom. The molecule has 0 radical (unpaired) electrons. The minimum absolute atomic E-state index is 0.0250. The highest BCUT2D eigenvalue weighted by molar-refractivity contribution is 5.96. The van der Waals surface area contributed by atoms with E-state index in [1.807, 2.05) is 0 Å². The molecule has 1 amide bonds. The molecule has 1 aromatic carbocycles. The summed E-state index contributed by atoms with van der Waals surface area (Å²) >= 11 is 0. The first-order valence-electron chi connectivity index (χ1n) is 6.84. The third kappa shape index (κ3) is 3.36. The van der Waals surface area contributed by atoms with Gasteiger partial charge in [-0.1, -0.05) is 6.92 Å². The van der Waals surface area contributed by atoms with Crippen molar-refractivity contribution in [3.05, 3.63) is 29.8 Å². The van der Waals surface area contributed by atoms with Crippen molar-refractivity contribution in [2.75, 3.05) is 19.0 Å². The number of anilines is 1. The average molecular weight is 276 g/mol. The molecule has 0 aliphatic carbocycles. The van der Waals surface area contributed by atoms with Crippen LogP contribution in [0.2, 0.25) is 0 Å². The standard InChI is InChI=1S/C15H20N2O3/c1-10-4-3-9-16-13(10)14(18)17-12-7-5-11(6-8-12)15(19)20-2/h5-8,10,13,16H,3-4,9H2,1-2H3,(H,17,18). The van der Waals surface area contributed by atoms with Crippen LogP contribution in [-0.4, -0.2) is 31.6 Å². The molecule has 5 nitrogen and oxygen atoms in total. The lowest BCUT2D eigenvalue weighted by Crippen LogP contribution is -2.48. The Kier molecular flexibility index (Phi) is 4.74. The lowest BCUT2D eigenvalue weighted by molar-refractivity contribution is -0.119. The smallest absolute Gasteiger partial charge is 0.337 e. The molecule has 1 aromatic rings. The molecule has 0 aromatic heterocycles. The van der Waals surface area contributed by atoms with E-state index in [9.17, 15) is 9.59 Å². The number of benzene rings is 1. The molecular weight excluding hydrogens is 256 g/mol. The number of carbonyl (C=O) groups is 2. The Bertz CT molecular complexity index is 484. The fourth-order valence-electron chi connectivity index (χ4n) is 2.43. The topological polar surface area (TPSA) is 67.4 Å². The summed E-state index contributed by atoms with van der Waals surface area (Å²) in [4.78, 5) is 23.5. The van der Waals surface area contributed by atoms with Crippen LogP contribution >= 0.6 is 0 Å². The number of rotatable bonds is 3. The van der Waals surface area contributed by atoms with Crippen molar-refractivity contribution in [2.45, 2.75) is 25.8 Å². The summed E-state index contributed by atoms with van der Waals surface area (Å²) in [6.07, 6.45) is 2.17. The van der Waals surface area contributed by atoms with Crippen LogP contribution in [0.15, 0.2) is 24.3 Å². The van der Waals surface area contributed by atoms with Gasteiger partial charge in [0.05, 0.1) is 18.7 Å². The number of hydrogen-bond acceptors (Lipinski definition) is 4. The van der Waals surface area contributed by atoms with E-state index in [2.05, 4.69) is 22.3 Å². The van der Waals surface area contributed by atoms with Crippen molar-refractivity contribution in [1.29, 1.82) is 0 Å². The van der Waals surface area contributed by atoms with E-state index in [0.717, 1.165) is 19.4 Å². The van der Waals surface area contributed by atoms with Gasteiger partial charge in [0.15, 0.2) is 0 Å². The van der Waals surface area contributed by atoms with Gasteiger partial charge in [0, 0.05) is 5.69 Å². The van der Waals surface area contributed by atoms with Crippen molar-refractivity contribution in [1.82, 2.24) is 5.32 Å². The fraction of sp³-hybridized carbons (Fsp3) is 0.467. The number of hydrogen-bond donors (Lipinski definition) is 2. The third-order valence-electron chi connectivity index (χ3n) is 3.63. The predicted octanol–water partition coefficient (Wildman–Crippen LogP) is 1.80. The van der Waals surface area contributed by atoms with Gasteiger partial charge >= 0.3 is 5.97 Å². The second kappa shape index (κ2) is 6.52. The summed E-state index contributed by atoms with van der Waals surface area (Å²) in [6, 6.07) is 6.54. The Morgan fingerprint density at radius 3 is 2.60 bits per heavy atom. The van der Waals surface area contributed by atoms with E-state index < -0.39 is 0 Å². The van der Waals surface area contributed by atoms with Crippen molar-refractivity contribution in [2.24, 2.45) is 5.92 Å². The van der Waals surface area contributed by atoms with Gasteiger partial charge in [-0.2, -0.15) is 0 Å². The SMILES string of the molecule is COC(=O)c1ccc(NC(=O)C2NCCCC2C)cc1. The maximum absolute atomic E-state index is 12.2. The third-order valence-corrected chi connectivity index (χ3v) is 3.63. The first-order chi connectivity index (χ1) is 9.61. The Balaban J connectivity index is 1.99. The van der Waals surface area contributed by atoms with E-state index >= 15 is 0 Å². The molecule has 1 fully saturated rings. The predicted molar refractivity (Wildman–Crippen MR) is 76.6 cm³/mol. The molecule has 0 bridgehead atoms. The van der Waals surface area contributed by atoms with Gasteiger partial charge in [0.1, 0.15) is 0 Å². The van der Waals surface area contributed by atoms with E-state index in [1.54, 1.807) is 24.3 Å². The van der Waals surface area contributed by atoms with Crippen LogP contribution in [0.3, 0.4) is 0 Å². The maximum Gasteiger partial charge on any atom is 0.337 e. The molecule has 20 heavy (non-hydrogen) atoms. The molecule has 2 rings (SSSR count). The monoisotopic (exact) mass is 276 g/mol. The van der Waals surface area contributed by atoms with Crippen molar-refractivity contribution in [3.63, 3.8) is 0 Å². The molecule has 1 saturated heterocycles. The van der Waals surface area contributed by atoms with Crippen LogP contribution in [0.5, 0.6) is 0 Å². The quantitative estimate of drug-likeness (QED) is 0.826. The summed E-state index contributed by atoms with van der Waals surface area (Å²) in [5.74, 6) is -0.0773. The lowest BCUT2D eigenvalue weighted by atomic mass is 9.92. The van der Waals surface area contributed by atoms with Gasteiger partial charge < -0.3 is 15.4 Å². The first-order valence-corrected chi connectivity index (χ1v) is 6.84. The molecule has 1 aliphatic rings. The highest BCUT2D eigenvalue weighted by Crippen LogP contribution is 2.18. The maximum atomic E-state index is 12.2. The van der Waals surface area contributed by atoms with Crippen LogP contribution in [0.1, 0.15) is 30.1 Å². The number of ether oxygens (including phenoxy) is 1. The number of nitrogens with one attached hydrogen (secondary N) is 2. The van der Waals surface area contributed by atoms with Crippen LogP contribution in [0, 0.1) is 5.92 Å². The number of carbonyl (C=O) groups excluding carboxylic acids is 2. The van der Waals surface area contributed by atoms with Gasteiger partial charge in [0.2, 0.25) is 5.91 Å². The van der Waals surface area contributed by atoms with E-state index in [-0.39, 0.29) is 17.9 Å².